The fourth-order valence-corrected chi connectivity index (χ4v) is 0.192. The molecule has 0 fully saturated rings. The predicted octanol–water partition coefficient (Wildman–Crippen LogP) is -0.648. The Bertz CT molecular complexity index is 191. The van der Waals surface area contributed by atoms with Gasteiger partial charge in [0, 0.05) is 0 Å². The number of carboxylic acids is 1. The van der Waals surface area contributed by atoms with Crippen LogP contribution < -0.4 is 11.2 Å². The Hall–Kier alpha value is -1.30. The molecule has 0 aliphatic carbocycles. The molecular formula is C4H9ClN4O2. The summed E-state index contributed by atoms with van der Waals surface area (Å²) < 4.78 is 0. The van der Waals surface area contributed by atoms with Gasteiger partial charge in [0.05, 0.1) is 0 Å². The Morgan fingerprint density at radius 1 is 1.73 bits per heavy atom. The number of hydrazone groups is 1. The summed E-state index contributed by atoms with van der Waals surface area (Å²) in [4.78, 5) is 10.0. The summed E-state index contributed by atoms with van der Waals surface area (Å²) in [5.41, 5.74) is 6.66. The lowest BCUT2D eigenvalue weighted by molar-refractivity contribution is -0.129. The van der Waals surface area contributed by atoms with Crippen LogP contribution >= 0.6 is 12.4 Å². The number of carbonyl (C=O) groups is 1. The van der Waals surface area contributed by atoms with E-state index in [1.165, 1.54) is 6.92 Å². The Kier molecular flexibility index (Phi) is 6.17. The van der Waals surface area contributed by atoms with E-state index in [0.717, 1.165) is 0 Å². The third-order valence-electron chi connectivity index (χ3n) is 0.654. The van der Waals surface area contributed by atoms with E-state index in [-0.39, 0.29) is 24.1 Å². The molecule has 0 aromatic heterocycles. The minimum absolute atomic E-state index is 0. The van der Waals surface area contributed by atoms with Gasteiger partial charge in [-0.15, -0.1) is 12.4 Å². The molecule has 0 atom stereocenters. The number of hydrogen-bond acceptors (Lipinski definition) is 3. The van der Waals surface area contributed by atoms with Crippen LogP contribution in [0.15, 0.2) is 5.10 Å². The first-order valence-electron chi connectivity index (χ1n) is 2.41. The smallest absolute Gasteiger partial charge is 0.351 e. The zero-order valence-electron chi connectivity index (χ0n) is 5.79. The van der Waals surface area contributed by atoms with Gasteiger partial charge in [-0.3, -0.25) is 5.41 Å². The van der Waals surface area contributed by atoms with E-state index in [9.17, 15) is 4.79 Å². The van der Waals surface area contributed by atoms with Crippen LogP contribution in [0.1, 0.15) is 6.92 Å². The average Bonchev–Trinajstić information content (AvgIpc) is 1.82. The highest BCUT2D eigenvalue weighted by Crippen LogP contribution is 1.72. The second kappa shape index (κ2) is 5.48. The number of aliphatic carboxylic acids is 1. The molecule has 0 saturated heterocycles. The molecule has 0 rings (SSSR count). The molecular weight excluding hydrogens is 172 g/mol. The van der Waals surface area contributed by atoms with Crippen molar-refractivity contribution in [1.82, 2.24) is 5.43 Å². The van der Waals surface area contributed by atoms with Gasteiger partial charge >= 0.3 is 5.97 Å². The van der Waals surface area contributed by atoms with E-state index in [4.69, 9.17) is 16.2 Å². The van der Waals surface area contributed by atoms with Crippen molar-refractivity contribution in [2.24, 2.45) is 10.8 Å². The molecule has 0 aromatic rings. The molecule has 0 amide bonds. The summed E-state index contributed by atoms with van der Waals surface area (Å²) in [5.74, 6) is -1.53. The highest BCUT2D eigenvalue weighted by Gasteiger charge is 1.99. The van der Waals surface area contributed by atoms with E-state index in [1.54, 1.807) is 0 Å². The van der Waals surface area contributed by atoms with Crippen LogP contribution in [0.25, 0.3) is 0 Å². The maximum absolute atomic E-state index is 10.0. The van der Waals surface area contributed by atoms with Crippen molar-refractivity contribution in [2.45, 2.75) is 6.92 Å². The molecule has 0 bridgehead atoms. The van der Waals surface area contributed by atoms with Crippen LogP contribution in [-0.2, 0) is 4.79 Å². The highest BCUT2D eigenvalue weighted by molar-refractivity contribution is 6.34. The van der Waals surface area contributed by atoms with Crippen molar-refractivity contribution in [1.29, 1.82) is 5.41 Å². The summed E-state index contributed by atoms with van der Waals surface area (Å²) in [6.07, 6.45) is 0. The Morgan fingerprint density at radius 3 is 2.45 bits per heavy atom. The number of nitrogens with zero attached hydrogens (tertiary/aromatic N) is 1. The molecule has 6 nitrogen and oxygen atoms in total. The van der Waals surface area contributed by atoms with Crippen LogP contribution in [0.5, 0.6) is 0 Å². The number of guanidine groups is 1. The number of nitrogens with one attached hydrogen (secondary N) is 2. The van der Waals surface area contributed by atoms with Crippen molar-refractivity contribution in [2.75, 3.05) is 0 Å². The summed E-state index contributed by atoms with van der Waals surface area (Å²) in [7, 11) is 0. The molecule has 0 aromatic carbocycles. The lowest BCUT2D eigenvalue weighted by Gasteiger charge is -1.94. The van der Waals surface area contributed by atoms with Gasteiger partial charge in [-0.05, 0) is 6.92 Å². The van der Waals surface area contributed by atoms with Crippen LogP contribution in [0.4, 0.5) is 0 Å². The third kappa shape index (κ3) is 6.59. The Balaban J connectivity index is 0. The third-order valence-corrected chi connectivity index (χ3v) is 0.654. The normalized spacial score (nSPS) is 9.73. The van der Waals surface area contributed by atoms with E-state index in [1.807, 2.05) is 5.43 Å². The minimum atomic E-state index is -1.14. The standard InChI is InChI=1S/C4H8N4O2.ClH/c1-2(3(9)10)7-8-4(5)6;/h1H3,(H,9,10)(H4,5,6,8);1H/b7-2-;. The first kappa shape index (κ1) is 12.4. The molecule has 5 N–H and O–H groups in total. The van der Waals surface area contributed by atoms with Gasteiger partial charge < -0.3 is 10.8 Å². The van der Waals surface area contributed by atoms with E-state index in [2.05, 4.69) is 5.10 Å². The second-order valence-electron chi connectivity index (χ2n) is 1.53. The Morgan fingerprint density at radius 2 is 2.18 bits per heavy atom. The van der Waals surface area contributed by atoms with Gasteiger partial charge in [0.15, 0.2) is 0 Å². The SMILES string of the molecule is C/C(=N/NC(=N)N)C(=O)O.Cl. The second-order valence-corrected chi connectivity index (χ2v) is 1.53. The molecule has 0 spiro atoms. The van der Waals surface area contributed by atoms with Crippen LogP contribution in [0.3, 0.4) is 0 Å². The molecule has 0 aliphatic heterocycles. The first-order valence-corrected chi connectivity index (χ1v) is 2.41. The van der Waals surface area contributed by atoms with Gasteiger partial charge in [-0.1, -0.05) is 0 Å². The van der Waals surface area contributed by atoms with Gasteiger partial charge in [-0.25, -0.2) is 10.2 Å². The highest BCUT2D eigenvalue weighted by atomic mass is 35.5. The zero-order valence-corrected chi connectivity index (χ0v) is 6.60. The summed E-state index contributed by atoms with van der Waals surface area (Å²) >= 11 is 0. The predicted molar refractivity (Wildman–Crippen MR) is 43.0 cm³/mol. The monoisotopic (exact) mass is 180 g/mol. The molecule has 11 heavy (non-hydrogen) atoms. The number of nitrogens with two attached hydrogens (primary N) is 1. The van der Waals surface area contributed by atoms with Crippen molar-refractivity contribution < 1.29 is 9.90 Å². The fourth-order valence-electron chi connectivity index (χ4n) is 0.192. The van der Waals surface area contributed by atoms with E-state index in [0.29, 0.717) is 0 Å². The molecule has 7 heteroatoms. The molecule has 0 radical (unpaired) electrons. The van der Waals surface area contributed by atoms with Crippen LogP contribution in [0, 0.1) is 5.41 Å². The number of rotatable bonds is 2. The lowest BCUT2D eigenvalue weighted by Crippen LogP contribution is -2.27. The first-order chi connectivity index (χ1) is 4.54. The number of carboxylic acid groups (broad SMARTS) is 1. The zero-order chi connectivity index (χ0) is 8.15. The van der Waals surface area contributed by atoms with Crippen molar-refractivity contribution in [3.63, 3.8) is 0 Å². The van der Waals surface area contributed by atoms with Crippen molar-refractivity contribution in [3.05, 3.63) is 0 Å². The van der Waals surface area contributed by atoms with Gasteiger partial charge in [0.25, 0.3) is 0 Å². The quantitative estimate of drug-likeness (QED) is 0.257. The molecule has 0 saturated carbocycles. The Labute approximate surface area is 69.4 Å². The summed E-state index contributed by atoms with van der Waals surface area (Å²) in [6, 6.07) is 0. The maximum atomic E-state index is 10.0. The van der Waals surface area contributed by atoms with Gasteiger partial charge in [0.2, 0.25) is 5.96 Å². The van der Waals surface area contributed by atoms with E-state index < -0.39 is 5.97 Å². The average molecular weight is 181 g/mol. The molecule has 0 aliphatic rings. The maximum Gasteiger partial charge on any atom is 0.351 e. The van der Waals surface area contributed by atoms with Gasteiger partial charge in [0.1, 0.15) is 5.71 Å². The fraction of sp³-hybridized carbons (Fsp3) is 0.250. The lowest BCUT2D eigenvalue weighted by atomic mass is 10.4. The van der Waals surface area contributed by atoms with Crippen molar-refractivity contribution in [3.8, 4) is 0 Å². The molecule has 64 valence electrons. The number of hydrogen-bond donors (Lipinski definition) is 4. The topological polar surface area (TPSA) is 112 Å². The van der Waals surface area contributed by atoms with Gasteiger partial charge in [-0.2, -0.15) is 5.10 Å². The minimum Gasteiger partial charge on any atom is -0.477 e. The largest absolute Gasteiger partial charge is 0.477 e. The molecule has 0 heterocycles. The van der Waals surface area contributed by atoms with E-state index >= 15 is 0 Å². The summed E-state index contributed by atoms with van der Waals surface area (Å²) in [5, 5.41) is 18.0. The van der Waals surface area contributed by atoms with Crippen molar-refractivity contribution >= 4 is 30.0 Å². The summed E-state index contributed by atoms with van der Waals surface area (Å²) in [6.45, 7) is 1.29. The molecule has 0 unspecified atom stereocenters. The van der Waals surface area contributed by atoms with Crippen LogP contribution in [0.2, 0.25) is 0 Å². The van der Waals surface area contributed by atoms with Crippen LogP contribution in [-0.4, -0.2) is 22.7 Å². The number of halogens is 1.